The Morgan fingerprint density at radius 3 is 2.55 bits per heavy atom. The van der Waals surface area contributed by atoms with Crippen LogP contribution in [0.3, 0.4) is 0 Å². The van der Waals surface area contributed by atoms with Crippen LogP contribution in [0.5, 0.6) is 0 Å². The maximum atomic E-state index is 11.6. The van der Waals surface area contributed by atoms with Crippen LogP contribution in [0.1, 0.15) is 25.3 Å². The minimum absolute atomic E-state index is 0.0167. The van der Waals surface area contributed by atoms with Crippen molar-refractivity contribution in [3.63, 3.8) is 0 Å². The van der Waals surface area contributed by atoms with Gasteiger partial charge in [0.25, 0.3) is 5.24 Å². The van der Waals surface area contributed by atoms with Gasteiger partial charge in [0.05, 0.1) is 0 Å². The molecule has 0 aliphatic carbocycles. The van der Waals surface area contributed by atoms with E-state index in [0.29, 0.717) is 25.9 Å². The van der Waals surface area contributed by atoms with Gasteiger partial charge < -0.3 is 10.6 Å². The van der Waals surface area contributed by atoms with Crippen molar-refractivity contribution in [1.29, 1.82) is 0 Å². The van der Waals surface area contributed by atoms with Crippen LogP contribution in [0.15, 0.2) is 30.3 Å². The van der Waals surface area contributed by atoms with Crippen molar-refractivity contribution < 1.29 is 9.59 Å². The molecule has 0 saturated heterocycles. The molecule has 0 aromatic heterocycles. The summed E-state index contributed by atoms with van der Waals surface area (Å²) in [6.45, 7) is 3.14. The summed E-state index contributed by atoms with van der Waals surface area (Å²) in [6, 6.07) is 10.1. The van der Waals surface area contributed by atoms with Crippen LogP contribution >= 0.6 is 11.8 Å². The van der Waals surface area contributed by atoms with Gasteiger partial charge in [-0.15, -0.1) is 0 Å². The standard InChI is InChI=1S/C15H22N2O2S/c1-2-20-15(19)17-11-6-9-14(18)16-12-10-13-7-4-3-5-8-13/h3-5,7-8H,2,6,9-12H2,1H3,(H,16,18)(H,17,19). The quantitative estimate of drug-likeness (QED) is 0.725. The fraction of sp³-hybridized carbons (Fsp3) is 0.467. The highest BCUT2D eigenvalue weighted by molar-refractivity contribution is 8.13. The normalized spacial score (nSPS) is 10.1. The van der Waals surface area contributed by atoms with Crippen LogP contribution < -0.4 is 10.6 Å². The first-order chi connectivity index (χ1) is 9.72. The molecule has 2 amide bonds. The van der Waals surface area contributed by atoms with E-state index < -0.39 is 0 Å². The van der Waals surface area contributed by atoms with Gasteiger partial charge in [-0.2, -0.15) is 0 Å². The highest BCUT2D eigenvalue weighted by Gasteiger charge is 2.02. The summed E-state index contributed by atoms with van der Waals surface area (Å²) in [5.41, 5.74) is 1.22. The van der Waals surface area contributed by atoms with E-state index in [2.05, 4.69) is 10.6 Å². The Hall–Kier alpha value is -1.49. The number of nitrogens with one attached hydrogen (secondary N) is 2. The highest BCUT2D eigenvalue weighted by Crippen LogP contribution is 2.00. The molecule has 0 aliphatic heterocycles. The van der Waals surface area contributed by atoms with Gasteiger partial charge in [-0.1, -0.05) is 49.0 Å². The average molecular weight is 294 g/mol. The highest BCUT2D eigenvalue weighted by atomic mass is 32.2. The summed E-state index contributed by atoms with van der Waals surface area (Å²) in [7, 11) is 0. The minimum atomic E-state index is -0.0167. The molecule has 0 bridgehead atoms. The number of thioether (sulfide) groups is 1. The molecular weight excluding hydrogens is 272 g/mol. The van der Waals surface area contributed by atoms with Crippen molar-refractivity contribution in [2.24, 2.45) is 0 Å². The largest absolute Gasteiger partial charge is 0.356 e. The molecule has 4 nitrogen and oxygen atoms in total. The van der Waals surface area contributed by atoms with E-state index >= 15 is 0 Å². The van der Waals surface area contributed by atoms with Crippen LogP contribution in [-0.4, -0.2) is 30.0 Å². The first-order valence-electron chi connectivity index (χ1n) is 6.93. The molecule has 0 atom stereocenters. The van der Waals surface area contributed by atoms with Crippen LogP contribution in [0.2, 0.25) is 0 Å². The van der Waals surface area contributed by atoms with Crippen molar-refractivity contribution in [2.75, 3.05) is 18.8 Å². The van der Waals surface area contributed by atoms with Crippen molar-refractivity contribution >= 4 is 22.9 Å². The van der Waals surface area contributed by atoms with Crippen molar-refractivity contribution in [1.82, 2.24) is 10.6 Å². The Morgan fingerprint density at radius 1 is 1.10 bits per heavy atom. The van der Waals surface area contributed by atoms with E-state index in [0.717, 1.165) is 12.2 Å². The Labute approximate surface area is 124 Å². The molecule has 2 N–H and O–H groups in total. The second-order valence-electron chi connectivity index (χ2n) is 4.34. The van der Waals surface area contributed by atoms with Crippen molar-refractivity contribution in [2.45, 2.75) is 26.2 Å². The molecule has 1 aromatic carbocycles. The summed E-state index contributed by atoms with van der Waals surface area (Å²) >= 11 is 1.25. The predicted molar refractivity (Wildman–Crippen MR) is 83.9 cm³/mol. The van der Waals surface area contributed by atoms with E-state index in [1.807, 2.05) is 37.3 Å². The molecule has 0 heterocycles. The number of carbonyl (C=O) groups is 2. The lowest BCUT2D eigenvalue weighted by Gasteiger charge is -2.06. The number of benzene rings is 1. The fourth-order valence-corrected chi connectivity index (χ4v) is 2.17. The average Bonchev–Trinajstić information content (AvgIpc) is 2.45. The Bertz CT molecular complexity index is 410. The SMILES string of the molecule is CCSC(=O)NCCCC(=O)NCCc1ccccc1. The lowest BCUT2D eigenvalue weighted by Crippen LogP contribution is -2.27. The molecule has 0 fully saturated rings. The van der Waals surface area contributed by atoms with Crippen molar-refractivity contribution in [3.8, 4) is 0 Å². The number of amides is 2. The van der Waals surface area contributed by atoms with Crippen LogP contribution in [0, 0.1) is 0 Å². The number of hydrogen-bond donors (Lipinski definition) is 2. The topological polar surface area (TPSA) is 58.2 Å². The summed E-state index contributed by atoms with van der Waals surface area (Å²) in [5.74, 6) is 0.810. The molecule has 110 valence electrons. The van der Waals surface area contributed by atoms with Gasteiger partial charge in [-0.3, -0.25) is 9.59 Å². The molecule has 0 saturated carbocycles. The van der Waals surface area contributed by atoms with Crippen LogP contribution in [-0.2, 0) is 11.2 Å². The zero-order chi connectivity index (χ0) is 14.6. The minimum Gasteiger partial charge on any atom is -0.356 e. The molecule has 0 aliphatic rings. The zero-order valence-corrected chi connectivity index (χ0v) is 12.7. The monoisotopic (exact) mass is 294 g/mol. The third-order valence-electron chi connectivity index (χ3n) is 2.70. The molecule has 20 heavy (non-hydrogen) atoms. The molecule has 0 unspecified atom stereocenters. The molecular formula is C15H22N2O2S. The third-order valence-corrected chi connectivity index (χ3v) is 3.40. The number of carbonyl (C=O) groups excluding carboxylic acids is 2. The zero-order valence-electron chi connectivity index (χ0n) is 11.9. The molecule has 0 spiro atoms. The van der Waals surface area contributed by atoms with E-state index in [4.69, 9.17) is 0 Å². The predicted octanol–water partition coefficient (Wildman–Crippen LogP) is 2.59. The summed E-state index contributed by atoms with van der Waals surface area (Å²) in [4.78, 5) is 22.7. The van der Waals surface area contributed by atoms with Gasteiger partial charge in [0.15, 0.2) is 0 Å². The Kier molecular flexibility index (Phi) is 8.54. The van der Waals surface area contributed by atoms with Gasteiger partial charge in [0.1, 0.15) is 0 Å². The number of hydrogen-bond acceptors (Lipinski definition) is 3. The lowest BCUT2D eigenvalue weighted by atomic mass is 10.1. The van der Waals surface area contributed by atoms with Gasteiger partial charge in [-0.25, -0.2) is 0 Å². The smallest absolute Gasteiger partial charge is 0.279 e. The molecule has 1 rings (SSSR count). The molecule has 1 aromatic rings. The Morgan fingerprint density at radius 2 is 1.85 bits per heavy atom. The van der Waals surface area contributed by atoms with Gasteiger partial charge in [0, 0.05) is 19.5 Å². The first-order valence-corrected chi connectivity index (χ1v) is 7.92. The second-order valence-corrected chi connectivity index (χ2v) is 5.57. The maximum absolute atomic E-state index is 11.6. The van der Waals surface area contributed by atoms with Crippen LogP contribution in [0.25, 0.3) is 0 Å². The van der Waals surface area contributed by atoms with Crippen molar-refractivity contribution in [3.05, 3.63) is 35.9 Å². The van der Waals surface area contributed by atoms with E-state index in [9.17, 15) is 9.59 Å². The van der Waals surface area contributed by atoms with E-state index in [1.165, 1.54) is 17.3 Å². The Balaban J connectivity index is 2.02. The molecule has 5 heteroatoms. The summed E-state index contributed by atoms with van der Waals surface area (Å²) in [5, 5.41) is 5.64. The maximum Gasteiger partial charge on any atom is 0.279 e. The molecule has 0 radical (unpaired) electrons. The van der Waals surface area contributed by atoms with Gasteiger partial charge in [0.2, 0.25) is 5.91 Å². The van der Waals surface area contributed by atoms with E-state index in [1.54, 1.807) is 0 Å². The summed E-state index contributed by atoms with van der Waals surface area (Å²) < 4.78 is 0. The van der Waals surface area contributed by atoms with Gasteiger partial charge in [-0.05, 0) is 24.2 Å². The van der Waals surface area contributed by atoms with Gasteiger partial charge >= 0.3 is 0 Å². The van der Waals surface area contributed by atoms with Crippen LogP contribution in [0.4, 0.5) is 4.79 Å². The third kappa shape index (κ3) is 7.84. The number of rotatable bonds is 8. The lowest BCUT2D eigenvalue weighted by molar-refractivity contribution is -0.121. The second kappa shape index (κ2) is 10.3. The summed E-state index contributed by atoms with van der Waals surface area (Å²) in [6.07, 6.45) is 1.97. The fourth-order valence-electron chi connectivity index (χ4n) is 1.70. The van der Waals surface area contributed by atoms with E-state index in [-0.39, 0.29) is 11.1 Å². The first kappa shape index (κ1) is 16.6.